The van der Waals surface area contributed by atoms with Gasteiger partial charge in [-0.2, -0.15) is 10.2 Å². The van der Waals surface area contributed by atoms with Crippen LogP contribution in [0.2, 0.25) is 0 Å². The Morgan fingerprint density at radius 2 is 2.10 bits per heavy atom. The van der Waals surface area contributed by atoms with Crippen molar-refractivity contribution in [2.24, 2.45) is 5.73 Å². The average Bonchev–Trinajstić information content (AvgIpc) is 3.43. The van der Waals surface area contributed by atoms with Gasteiger partial charge in [-0.05, 0) is 62.4 Å². The Hall–Kier alpha value is -3.70. The first-order chi connectivity index (χ1) is 14.9. The Bertz CT molecular complexity index is 1120. The highest BCUT2D eigenvalue weighted by atomic mass is 16.5. The third-order valence-electron chi connectivity index (χ3n) is 4.70. The Morgan fingerprint density at radius 1 is 1.32 bits per heavy atom. The van der Waals surface area contributed by atoms with Crippen LogP contribution in [-0.2, 0) is 17.6 Å². The van der Waals surface area contributed by atoms with Gasteiger partial charge in [0.1, 0.15) is 11.8 Å². The Morgan fingerprint density at radius 3 is 2.77 bits per heavy atom. The first-order valence-corrected chi connectivity index (χ1v) is 10.0. The van der Waals surface area contributed by atoms with Crippen LogP contribution >= 0.6 is 0 Å². The predicted molar refractivity (Wildman–Crippen MR) is 114 cm³/mol. The van der Waals surface area contributed by atoms with Crippen molar-refractivity contribution < 1.29 is 19.2 Å². The lowest BCUT2D eigenvalue weighted by Crippen LogP contribution is -2.10. The second kappa shape index (κ2) is 9.87. The van der Waals surface area contributed by atoms with Crippen molar-refractivity contribution >= 4 is 5.97 Å². The minimum atomic E-state index is -0.968. The quantitative estimate of drug-likeness (QED) is 0.639. The molecule has 0 spiro atoms. The van der Waals surface area contributed by atoms with Gasteiger partial charge in [0, 0.05) is 11.1 Å². The van der Waals surface area contributed by atoms with E-state index in [1.807, 2.05) is 32.0 Å². The summed E-state index contributed by atoms with van der Waals surface area (Å²) in [6, 6.07) is 13.8. The van der Waals surface area contributed by atoms with Gasteiger partial charge in [0.15, 0.2) is 0 Å². The molecule has 0 amide bonds. The molecule has 1 aliphatic carbocycles. The summed E-state index contributed by atoms with van der Waals surface area (Å²) in [6.07, 6.45) is 3.33. The zero-order chi connectivity index (χ0) is 22.4. The number of aryl methyl sites for hydroxylation is 1. The number of nitrogens with zero attached hydrogens (tertiary/aromatic N) is 3. The third kappa shape index (κ3) is 5.27. The normalized spacial score (nSPS) is 12.0. The molecule has 0 saturated heterocycles. The van der Waals surface area contributed by atoms with Gasteiger partial charge in [0.2, 0.25) is 5.82 Å². The van der Waals surface area contributed by atoms with Gasteiger partial charge in [0.25, 0.3) is 5.89 Å². The number of aliphatic carboxylic acids is 1. The Kier molecular flexibility index (Phi) is 7.00. The van der Waals surface area contributed by atoms with E-state index in [0.717, 1.165) is 18.4 Å². The molecule has 0 aliphatic heterocycles. The zero-order valence-corrected chi connectivity index (χ0v) is 17.5. The summed E-state index contributed by atoms with van der Waals surface area (Å²) >= 11 is 0. The molecule has 31 heavy (non-hydrogen) atoms. The highest BCUT2D eigenvalue weighted by Crippen LogP contribution is 2.32. The lowest BCUT2D eigenvalue weighted by molar-refractivity contribution is -0.135. The second-order valence-corrected chi connectivity index (χ2v) is 7.31. The van der Waals surface area contributed by atoms with E-state index >= 15 is 0 Å². The molecule has 0 atom stereocenters. The fourth-order valence-electron chi connectivity index (χ4n) is 3.39. The van der Waals surface area contributed by atoms with Crippen LogP contribution in [0.4, 0.5) is 0 Å². The number of carboxylic acid groups (broad SMARTS) is 1. The fraction of sp³-hybridized carbons (Fsp3) is 0.304. The van der Waals surface area contributed by atoms with E-state index < -0.39 is 5.97 Å². The number of aromatic nitrogens is 2. The molecule has 1 aromatic heterocycles. The van der Waals surface area contributed by atoms with E-state index in [9.17, 15) is 10.1 Å². The number of carbonyl (C=O) groups is 1. The van der Waals surface area contributed by atoms with Gasteiger partial charge in [-0.3, -0.25) is 4.79 Å². The molecule has 3 aromatic rings. The standard InChI is InChI=1S/C21H19N3O2.C2H5NO2/c1-13(2)25-19-10-9-15(11-16(19)12-22)21-23-20(24-26-21)18-8-4-6-14-5-3-7-17(14)18;3-1-2(4)5/h4,6,8-11,13H,3,5,7H2,1-2H3;1,3H2,(H,4,5). The SMILES string of the molecule is CC(C)Oc1ccc(-c2nc(-c3cccc4c3CCC4)no2)cc1C#N.NCC(=O)O. The van der Waals surface area contributed by atoms with Crippen LogP contribution in [0.15, 0.2) is 40.9 Å². The van der Waals surface area contributed by atoms with Gasteiger partial charge in [0.05, 0.1) is 18.2 Å². The molecule has 0 fully saturated rings. The van der Waals surface area contributed by atoms with Crippen molar-refractivity contribution in [1.29, 1.82) is 5.26 Å². The second-order valence-electron chi connectivity index (χ2n) is 7.31. The van der Waals surface area contributed by atoms with E-state index in [2.05, 4.69) is 28.0 Å². The molecule has 3 N–H and O–H groups in total. The fourth-order valence-corrected chi connectivity index (χ4v) is 3.39. The number of ether oxygens (including phenoxy) is 1. The van der Waals surface area contributed by atoms with Crippen LogP contribution in [0, 0.1) is 11.3 Å². The summed E-state index contributed by atoms with van der Waals surface area (Å²) in [7, 11) is 0. The van der Waals surface area contributed by atoms with Crippen LogP contribution in [-0.4, -0.2) is 33.9 Å². The zero-order valence-electron chi connectivity index (χ0n) is 17.5. The van der Waals surface area contributed by atoms with Crippen molar-refractivity contribution in [3.63, 3.8) is 0 Å². The lowest BCUT2D eigenvalue weighted by atomic mass is 10.0. The molecule has 8 nitrogen and oxygen atoms in total. The lowest BCUT2D eigenvalue weighted by Gasteiger charge is -2.11. The summed E-state index contributed by atoms with van der Waals surface area (Å²) < 4.78 is 11.1. The molecule has 4 rings (SSSR count). The van der Waals surface area contributed by atoms with E-state index in [1.165, 1.54) is 17.5 Å². The highest BCUT2D eigenvalue weighted by molar-refractivity contribution is 5.68. The first kappa shape index (κ1) is 22.0. The molecule has 0 saturated carbocycles. The summed E-state index contributed by atoms with van der Waals surface area (Å²) in [5, 5.41) is 21.2. The van der Waals surface area contributed by atoms with E-state index in [0.29, 0.717) is 28.6 Å². The smallest absolute Gasteiger partial charge is 0.317 e. The van der Waals surface area contributed by atoms with Crippen LogP contribution in [0.5, 0.6) is 5.75 Å². The number of nitriles is 1. The molecule has 2 aromatic carbocycles. The third-order valence-corrected chi connectivity index (χ3v) is 4.70. The summed E-state index contributed by atoms with van der Waals surface area (Å²) in [4.78, 5) is 13.8. The highest BCUT2D eigenvalue weighted by Gasteiger charge is 2.19. The molecule has 1 aliphatic rings. The van der Waals surface area contributed by atoms with Crippen molar-refractivity contribution in [1.82, 2.24) is 10.1 Å². The van der Waals surface area contributed by atoms with Gasteiger partial charge < -0.3 is 20.1 Å². The average molecular weight is 420 g/mol. The maximum atomic E-state index is 9.40. The summed E-state index contributed by atoms with van der Waals surface area (Å²) in [5.74, 6) is 0.597. The van der Waals surface area contributed by atoms with E-state index in [-0.39, 0.29) is 12.6 Å². The maximum absolute atomic E-state index is 9.40. The Balaban J connectivity index is 0.000000491. The number of hydrogen-bond acceptors (Lipinski definition) is 7. The minimum absolute atomic E-state index is 0.00290. The number of carboxylic acids is 1. The van der Waals surface area contributed by atoms with Crippen LogP contribution < -0.4 is 10.5 Å². The number of rotatable bonds is 5. The maximum Gasteiger partial charge on any atom is 0.317 e. The molecule has 0 bridgehead atoms. The minimum Gasteiger partial charge on any atom is -0.490 e. The van der Waals surface area contributed by atoms with Crippen LogP contribution in [0.25, 0.3) is 22.8 Å². The van der Waals surface area contributed by atoms with Gasteiger partial charge in [-0.1, -0.05) is 23.4 Å². The van der Waals surface area contributed by atoms with Gasteiger partial charge in [-0.15, -0.1) is 0 Å². The number of fused-ring (bicyclic) bond motifs is 1. The molecule has 0 unspecified atom stereocenters. The summed E-state index contributed by atoms with van der Waals surface area (Å²) in [5.41, 5.74) is 9.47. The predicted octanol–water partition coefficient (Wildman–Crippen LogP) is 3.58. The summed E-state index contributed by atoms with van der Waals surface area (Å²) in [6.45, 7) is 3.58. The molecule has 160 valence electrons. The molecular formula is C23H24N4O4. The number of nitrogens with two attached hydrogens (primary N) is 1. The molecule has 1 heterocycles. The van der Waals surface area contributed by atoms with Crippen LogP contribution in [0.3, 0.4) is 0 Å². The largest absolute Gasteiger partial charge is 0.490 e. The van der Waals surface area contributed by atoms with E-state index in [1.54, 1.807) is 12.1 Å². The van der Waals surface area contributed by atoms with Crippen LogP contribution in [0.1, 0.15) is 37.0 Å². The number of benzene rings is 2. The molecule has 8 heteroatoms. The van der Waals surface area contributed by atoms with Crippen molar-refractivity contribution in [3.05, 3.63) is 53.1 Å². The molecule has 0 radical (unpaired) electrons. The first-order valence-electron chi connectivity index (χ1n) is 10.0. The van der Waals surface area contributed by atoms with E-state index in [4.69, 9.17) is 14.4 Å². The van der Waals surface area contributed by atoms with Crippen molar-refractivity contribution in [2.45, 2.75) is 39.2 Å². The monoisotopic (exact) mass is 420 g/mol. The van der Waals surface area contributed by atoms with Gasteiger partial charge >= 0.3 is 5.97 Å². The van der Waals surface area contributed by atoms with Crippen molar-refractivity contribution in [2.75, 3.05) is 6.54 Å². The molecular weight excluding hydrogens is 396 g/mol. The van der Waals surface area contributed by atoms with Crippen molar-refractivity contribution in [3.8, 4) is 34.7 Å². The number of hydrogen-bond donors (Lipinski definition) is 2. The topological polar surface area (TPSA) is 135 Å². The van der Waals surface area contributed by atoms with Gasteiger partial charge in [-0.25, -0.2) is 0 Å². The Labute approximate surface area is 180 Å².